The fourth-order valence-corrected chi connectivity index (χ4v) is 3.33. The predicted octanol–water partition coefficient (Wildman–Crippen LogP) is 3.52. The molecule has 2 heterocycles. The van der Waals surface area contributed by atoms with Crippen LogP contribution in [0.1, 0.15) is 57.3 Å². The van der Waals surface area contributed by atoms with Crippen molar-refractivity contribution in [2.45, 2.75) is 52.1 Å². The number of nitrogens with one attached hydrogen (secondary N) is 1. The van der Waals surface area contributed by atoms with Gasteiger partial charge >= 0.3 is 0 Å². The number of ether oxygens (including phenoxy) is 1. The lowest BCUT2D eigenvalue weighted by Gasteiger charge is -2.18. The zero-order valence-corrected chi connectivity index (χ0v) is 13.3. The minimum absolute atomic E-state index is 0.136. The highest BCUT2D eigenvalue weighted by Gasteiger charge is 2.32. The van der Waals surface area contributed by atoms with E-state index in [9.17, 15) is 0 Å². The van der Waals surface area contributed by atoms with Gasteiger partial charge in [-0.05, 0) is 19.4 Å². The van der Waals surface area contributed by atoms with Crippen molar-refractivity contribution in [2.24, 2.45) is 5.92 Å². The average Bonchev–Trinajstić information content (AvgIpc) is 2.95. The average molecular weight is 282 g/mol. The van der Waals surface area contributed by atoms with E-state index in [2.05, 4.69) is 38.4 Å². The summed E-state index contributed by atoms with van der Waals surface area (Å²) in [5.74, 6) is 0.571. The molecule has 1 aliphatic rings. The Morgan fingerprint density at radius 3 is 2.89 bits per heavy atom. The zero-order chi connectivity index (χ0) is 13.9. The van der Waals surface area contributed by atoms with E-state index in [1.807, 2.05) is 0 Å². The first kappa shape index (κ1) is 14.9. The topological polar surface area (TPSA) is 34.1 Å². The van der Waals surface area contributed by atoms with Gasteiger partial charge in [0.05, 0.1) is 10.7 Å². The molecule has 2 atom stereocenters. The molecule has 1 N–H and O–H groups in total. The molecule has 1 saturated heterocycles. The maximum Gasteiger partial charge on any atom is 0.104 e. The summed E-state index contributed by atoms with van der Waals surface area (Å²) in [5, 5.41) is 6.90. The number of hydrogen-bond acceptors (Lipinski definition) is 4. The van der Waals surface area contributed by atoms with E-state index in [0.29, 0.717) is 5.92 Å². The van der Waals surface area contributed by atoms with Gasteiger partial charge < -0.3 is 10.1 Å². The third-order valence-electron chi connectivity index (χ3n) is 3.50. The van der Waals surface area contributed by atoms with Crippen molar-refractivity contribution in [3.8, 4) is 0 Å². The van der Waals surface area contributed by atoms with Crippen molar-refractivity contribution in [2.75, 3.05) is 19.7 Å². The summed E-state index contributed by atoms with van der Waals surface area (Å²) in [4.78, 5) is 4.81. The fourth-order valence-electron chi connectivity index (χ4n) is 2.40. The molecule has 0 saturated carbocycles. The highest BCUT2D eigenvalue weighted by Crippen LogP contribution is 2.36. The number of hydrogen-bond donors (Lipinski definition) is 1. The lowest BCUT2D eigenvalue weighted by molar-refractivity contribution is 0.0874. The molecule has 1 aliphatic heterocycles. The third-order valence-corrected chi connectivity index (χ3v) is 4.79. The van der Waals surface area contributed by atoms with Crippen LogP contribution in [0.2, 0.25) is 0 Å². The van der Waals surface area contributed by atoms with E-state index in [-0.39, 0.29) is 11.5 Å². The Morgan fingerprint density at radius 2 is 2.26 bits per heavy atom. The third kappa shape index (κ3) is 3.77. The van der Waals surface area contributed by atoms with Crippen molar-refractivity contribution in [1.82, 2.24) is 10.3 Å². The molecule has 0 amide bonds. The molecule has 19 heavy (non-hydrogen) atoms. The summed E-state index contributed by atoms with van der Waals surface area (Å²) in [5.41, 5.74) is 1.27. The number of nitrogens with zero attached hydrogens (tertiary/aromatic N) is 1. The second-order valence-electron chi connectivity index (χ2n) is 6.37. The molecule has 0 bridgehead atoms. The van der Waals surface area contributed by atoms with Crippen LogP contribution in [0.15, 0.2) is 5.38 Å². The first-order valence-corrected chi connectivity index (χ1v) is 8.18. The van der Waals surface area contributed by atoms with Crippen LogP contribution in [0.25, 0.3) is 0 Å². The first-order chi connectivity index (χ1) is 9.02. The number of thiazole rings is 1. The number of aromatic nitrogens is 1. The van der Waals surface area contributed by atoms with E-state index in [1.54, 1.807) is 11.3 Å². The molecule has 0 aliphatic carbocycles. The van der Waals surface area contributed by atoms with Crippen molar-refractivity contribution < 1.29 is 4.74 Å². The number of rotatable bonds is 5. The van der Waals surface area contributed by atoms with Crippen LogP contribution in [0.5, 0.6) is 0 Å². The van der Waals surface area contributed by atoms with E-state index < -0.39 is 0 Å². The quantitative estimate of drug-likeness (QED) is 0.839. The predicted molar refractivity (Wildman–Crippen MR) is 80.8 cm³/mol. The molecule has 0 radical (unpaired) electrons. The fraction of sp³-hybridized carbons (Fsp3) is 0.800. The van der Waals surface area contributed by atoms with Gasteiger partial charge in [0.25, 0.3) is 0 Å². The van der Waals surface area contributed by atoms with Crippen molar-refractivity contribution in [3.05, 3.63) is 16.1 Å². The molecular weight excluding hydrogens is 256 g/mol. The highest BCUT2D eigenvalue weighted by atomic mass is 32.1. The van der Waals surface area contributed by atoms with Gasteiger partial charge in [0, 0.05) is 29.9 Å². The standard InChI is InChI=1S/C15H26N2OS/c1-5-7-16-9-11-6-8-18-13(11)12-10-19-14(17-12)15(2,3)4/h10-11,13,16H,5-9H2,1-4H3. The Hall–Kier alpha value is -0.450. The van der Waals surface area contributed by atoms with E-state index in [1.165, 1.54) is 11.4 Å². The Kier molecular flexibility index (Phi) is 4.98. The molecule has 0 spiro atoms. The van der Waals surface area contributed by atoms with Gasteiger partial charge in [-0.25, -0.2) is 4.98 Å². The van der Waals surface area contributed by atoms with E-state index in [4.69, 9.17) is 9.72 Å². The Labute approximate surface area is 120 Å². The molecule has 4 heteroatoms. The molecule has 3 nitrogen and oxygen atoms in total. The van der Waals surface area contributed by atoms with Crippen LogP contribution in [0, 0.1) is 5.92 Å². The monoisotopic (exact) mass is 282 g/mol. The van der Waals surface area contributed by atoms with Gasteiger partial charge in [0.15, 0.2) is 0 Å². The Balaban J connectivity index is 2.01. The smallest absolute Gasteiger partial charge is 0.104 e. The van der Waals surface area contributed by atoms with Gasteiger partial charge in [-0.3, -0.25) is 0 Å². The van der Waals surface area contributed by atoms with Crippen molar-refractivity contribution >= 4 is 11.3 Å². The van der Waals surface area contributed by atoms with Crippen molar-refractivity contribution in [3.63, 3.8) is 0 Å². The molecule has 108 valence electrons. The van der Waals surface area contributed by atoms with E-state index in [0.717, 1.165) is 31.8 Å². The Bertz CT molecular complexity index is 397. The molecule has 1 aromatic rings. The summed E-state index contributed by atoms with van der Waals surface area (Å²) in [6.07, 6.45) is 2.52. The van der Waals surface area contributed by atoms with Gasteiger partial charge in [0.2, 0.25) is 0 Å². The summed E-state index contributed by atoms with van der Waals surface area (Å²) < 4.78 is 5.91. The maximum atomic E-state index is 5.91. The second-order valence-corrected chi connectivity index (χ2v) is 7.23. The summed E-state index contributed by atoms with van der Waals surface area (Å²) >= 11 is 1.76. The first-order valence-electron chi connectivity index (χ1n) is 7.30. The maximum absolute atomic E-state index is 5.91. The van der Waals surface area contributed by atoms with Crippen LogP contribution in [-0.2, 0) is 10.2 Å². The summed E-state index contributed by atoms with van der Waals surface area (Å²) in [6, 6.07) is 0. The minimum atomic E-state index is 0.136. The SMILES string of the molecule is CCCNCC1CCOC1c1csc(C(C)(C)C)n1. The summed E-state index contributed by atoms with van der Waals surface area (Å²) in [7, 11) is 0. The van der Waals surface area contributed by atoms with Gasteiger partial charge in [-0.2, -0.15) is 0 Å². The molecule has 0 aromatic carbocycles. The minimum Gasteiger partial charge on any atom is -0.372 e. The second kappa shape index (κ2) is 6.33. The van der Waals surface area contributed by atoms with Gasteiger partial charge in [0.1, 0.15) is 6.10 Å². The van der Waals surface area contributed by atoms with Crippen LogP contribution in [0.4, 0.5) is 0 Å². The molecule has 1 aromatic heterocycles. The largest absolute Gasteiger partial charge is 0.372 e. The Morgan fingerprint density at radius 1 is 1.47 bits per heavy atom. The van der Waals surface area contributed by atoms with Crippen LogP contribution in [-0.4, -0.2) is 24.7 Å². The van der Waals surface area contributed by atoms with Crippen LogP contribution < -0.4 is 5.32 Å². The van der Waals surface area contributed by atoms with Crippen LogP contribution in [0.3, 0.4) is 0 Å². The zero-order valence-electron chi connectivity index (χ0n) is 12.5. The lowest BCUT2D eigenvalue weighted by atomic mass is 9.97. The molecule has 2 rings (SSSR count). The molecule has 2 unspecified atom stereocenters. The highest BCUT2D eigenvalue weighted by molar-refractivity contribution is 7.09. The van der Waals surface area contributed by atoms with Crippen molar-refractivity contribution in [1.29, 1.82) is 0 Å². The van der Waals surface area contributed by atoms with Gasteiger partial charge in [-0.15, -0.1) is 11.3 Å². The molecular formula is C15H26N2OS. The lowest BCUT2D eigenvalue weighted by Crippen LogP contribution is -2.25. The van der Waals surface area contributed by atoms with E-state index >= 15 is 0 Å². The molecule has 1 fully saturated rings. The normalized spacial score (nSPS) is 24.0. The van der Waals surface area contributed by atoms with Gasteiger partial charge in [-0.1, -0.05) is 27.7 Å². The van der Waals surface area contributed by atoms with Crippen LogP contribution >= 0.6 is 11.3 Å². The summed E-state index contributed by atoms with van der Waals surface area (Å²) in [6.45, 7) is 11.8.